The minimum Gasteiger partial charge on any atom is -0.459 e. The van der Waals surface area contributed by atoms with Gasteiger partial charge in [0.2, 0.25) is 5.91 Å². The summed E-state index contributed by atoms with van der Waals surface area (Å²) in [6, 6.07) is 11.1. The van der Waals surface area contributed by atoms with E-state index in [4.69, 9.17) is 4.42 Å². The number of anilines is 1. The van der Waals surface area contributed by atoms with E-state index in [0.717, 1.165) is 12.1 Å². The van der Waals surface area contributed by atoms with Crippen LogP contribution < -0.4 is 10.6 Å². The van der Waals surface area contributed by atoms with Crippen molar-refractivity contribution in [1.29, 1.82) is 0 Å². The molecule has 2 amide bonds. The highest BCUT2D eigenvalue weighted by atomic mass is 16.3. The van der Waals surface area contributed by atoms with Crippen LogP contribution in [0, 0.1) is 0 Å². The van der Waals surface area contributed by atoms with E-state index in [1.807, 2.05) is 24.3 Å². The second-order valence-electron chi connectivity index (χ2n) is 4.94. The summed E-state index contributed by atoms with van der Waals surface area (Å²) in [5.41, 5.74) is 2.03. The van der Waals surface area contributed by atoms with E-state index in [1.54, 1.807) is 12.1 Å². The van der Waals surface area contributed by atoms with E-state index in [1.165, 1.54) is 11.8 Å². The van der Waals surface area contributed by atoms with Crippen LogP contribution in [-0.2, 0) is 11.2 Å². The van der Waals surface area contributed by atoms with Gasteiger partial charge in [-0.25, -0.2) is 0 Å². The van der Waals surface area contributed by atoms with Gasteiger partial charge in [0, 0.05) is 18.7 Å². The Morgan fingerprint density at radius 3 is 2.55 bits per heavy atom. The summed E-state index contributed by atoms with van der Waals surface area (Å²) in [5.74, 6) is -0.0440. The van der Waals surface area contributed by atoms with Gasteiger partial charge in [0.25, 0.3) is 5.91 Å². The van der Waals surface area contributed by atoms with Crippen LogP contribution in [0.3, 0.4) is 0 Å². The molecule has 0 aliphatic carbocycles. The van der Waals surface area contributed by atoms with E-state index in [-0.39, 0.29) is 17.6 Å². The third kappa shape index (κ3) is 4.77. The quantitative estimate of drug-likeness (QED) is 0.772. The van der Waals surface area contributed by atoms with Gasteiger partial charge in [-0.1, -0.05) is 19.1 Å². The van der Waals surface area contributed by atoms with Crippen LogP contribution in [0.1, 0.15) is 35.9 Å². The zero-order valence-corrected chi connectivity index (χ0v) is 12.6. The largest absolute Gasteiger partial charge is 0.459 e. The average Bonchev–Trinajstić information content (AvgIpc) is 3.06. The zero-order chi connectivity index (χ0) is 15.8. The van der Waals surface area contributed by atoms with Gasteiger partial charge in [0.15, 0.2) is 5.76 Å². The van der Waals surface area contributed by atoms with Crippen molar-refractivity contribution >= 4 is 17.5 Å². The van der Waals surface area contributed by atoms with Crippen molar-refractivity contribution in [2.24, 2.45) is 0 Å². The molecule has 0 atom stereocenters. The fourth-order valence-corrected chi connectivity index (χ4v) is 1.99. The van der Waals surface area contributed by atoms with Crippen molar-refractivity contribution in [3.63, 3.8) is 0 Å². The first-order valence-electron chi connectivity index (χ1n) is 7.39. The maximum atomic E-state index is 11.8. The number of hydrogen-bond acceptors (Lipinski definition) is 3. The summed E-state index contributed by atoms with van der Waals surface area (Å²) in [6.45, 7) is 2.52. The molecule has 0 saturated carbocycles. The summed E-state index contributed by atoms with van der Waals surface area (Å²) in [4.78, 5) is 23.4. The van der Waals surface area contributed by atoms with E-state index < -0.39 is 0 Å². The lowest BCUT2D eigenvalue weighted by atomic mass is 10.1. The molecular weight excluding hydrogens is 280 g/mol. The molecule has 0 saturated heterocycles. The molecule has 1 aromatic heterocycles. The molecule has 2 N–H and O–H groups in total. The van der Waals surface area contributed by atoms with E-state index in [9.17, 15) is 9.59 Å². The standard InChI is InChI=1S/C17H20N2O3/c1-2-13-7-9-14(10-8-13)19-16(20)6-3-11-18-17(21)15-5-4-12-22-15/h4-5,7-10,12H,2-3,6,11H2,1H3,(H,18,21)(H,19,20). The molecule has 0 fully saturated rings. The molecule has 116 valence electrons. The molecule has 5 heteroatoms. The Kier molecular flexibility index (Phi) is 5.77. The Morgan fingerprint density at radius 1 is 1.14 bits per heavy atom. The lowest BCUT2D eigenvalue weighted by Crippen LogP contribution is -2.25. The number of benzene rings is 1. The monoisotopic (exact) mass is 300 g/mol. The number of amides is 2. The van der Waals surface area contributed by atoms with Gasteiger partial charge in [-0.05, 0) is 42.7 Å². The first kappa shape index (κ1) is 15.8. The van der Waals surface area contributed by atoms with Crippen molar-refractivity contribution in [2.75, 3.05) is 11.9 Å². The molecule has 0 spiro atoms. The van der Waals surface area contributed by atoms with Crippen LogP contribution >= 0.6 is 0 Å². The molecule has 2 aromatic rings. The van der Waals surface area contributed by atoms with Gasteiger partial charge < -0.3 is 15.1 Å². The number of furan rings is 1. The van der Waals surface area contributed by atoms with Crippen molar-refractivity contribution in [1.82, 2.24) is 5.32 Å². The van der Waals surface area contributed by atoms with Crippen LogP contribution in [0.4, 0.5) is 5.69 Å². The normalized spacial score (nSPS) is 10.2. The Balaban J connectivity index is 1.66. The second kappa shape index (κ2) is 8.02. The first-order chi connectivity index (χ1) is 10.7. The summed E-state index contributed by atoms with van der Waals surface area (Å²) in [5, 5.41) is 5.55. The van der Waals surface area contributed by atoms with Gasteiger partial charge in [-0.2, -0.15) is 0 Å². The summed E-state index contributed by atoms with van der Waals surface area (Å²) in [7, 11) is 0. The second-order valence-corrected chi connectivity index (χ2v) is 4.94. The Morgan fingerprint density at radius 2 is 1.91 bits per heavy atom. The van der Waals surface area contributed by atoms with E-state index >= 15 is 0 Å². The Labute approximate surface area is 129 Å². The maximum Gasteiger partial charge on any atom is 0.286 e. The highest BCUT2D eigenvalue weighted by Gasteiger charge is 2.08. The van der Waals surface area contributed by atoms with Crippen LogP contribution in [0.15, 0.2) is 47.1 Å². The zero-order valence-electron chi connectivity index (χ0n) is 12.6. The van der Waals surface area contributed by atoms with Crippen LogP contribution in [0.2, 0.25) is 0 Å². The first-order valence-corrected chi connectivity index (χ1v) is 7.39. The Bertz CT molecular complexity index is 603. The molecule has 0 aliphatic rings. The predicted molar refractivity (Wildman–Crippen MR) is 84.7 cm³/mol. The Hall–Kier alpha value is -2.56. The molecule has 0 bridgehead atoms. The van der Waals surface area contributed by atoms with Crippen molar-refractivity contribution in [2.45, 2.75) is 26.2 Å². The molecule has 1 heterocycles. The van der Waals surface area contributed by atoms with Gasteiger partial charge in [-0.15, -0.1) is 0 Å². The van der Waals surface area contributed by atoms with Crippen LogP contribution in [0.25, 0.3) is 0 Å². The summed E-state index contributed by atoms with van der Waals surface area (Å²) >= 11 is 0. The summed E-state index contributed by atoms with van der Waals surface area (Å²) in [6.07, 6.45) is 3.36. The number of carbonyl (C=O) groups excluding carboxylic acids is 2. The van der Waals surface area contributed by atoms with Crippen LogP contribution in [0.5, 0.6) is 0 Å². The smallest absolute Gasteiger partial charge is 0.286 e. The third-order valence-electron chi connectivity index (χ3n) is 3.26. The molecule has 22 heavy (non-hydrogen) atoms. The predicted octanol–water partition coefficient (Wildman–Crippen LogP) is 2.99. The highest BCUT2D eigenvalue weighted by Crippen LogP contribution is 2.10. The minimum absolute atomic E-state index is 0.0588. The lowest BCUT2D eigenvalue weighted by molar-refractivity contribution is -0.116. The highest BCUT2D eigenvalue weighted by molar-refractivity contribution is 5.92. The third-order valence-corrected chi connectivity index (χ3v) is 3.26. The molecular formula is C17H20N2O3. The fraction of sp³-hybridized carbons (Fsp3) is 0.294. The maximum absolute atomic E-state index is 11.8. The van der Waals surface area contributed by atoms with Crippen molar-refractivity contribution in [3.05, 3.63) is 54.0 Å². The molecule has 2 rings (SSSR count). The molecule has 0 radical (unpaired) electrons. The molecule has 5 nitrogen and oxygen atoms in total. The van der Waals surface area contributed by atoms with Crippen molar-refractivity contribution in [3.8, 4) is 0 Å². The van der Waals surface area contributed by atoms with Gasteiger partial charge in [0.1, 0.15) is 0 Å². The number of carbonyl (C=O) groups is 2. The number of nitrogens with one attached hydrogen (secondary N) is 2. The van der Waals surface area contributed by atoms with E-state index in [0.29, 0.717) is 19.4 Å². The average molecular weight is 300 g/mol. The minimum atomic E-state index is -0.263. The number of hydrogen-bond donors (Lipinski definition) is 2. The van der Waals surface area contributed by atoms with Crippen molar-refractivity contribution < 1.29 is 14.0 Å². The fourth-order valence-electron chi connectivity index (χ4n) is 1.99. The lowest BCUT2D eigenvalue weighted by Gasteiger charge is -2.06. The van der Waals surface area contributed by atoms with Gasteiger partial charge >= 0.3 is 0 Å². The molecule has 1 aromatic carbocycles. The number of aryl methyl sites for hydroxylation is 1. The summed E-state index contributed by atoms with van der Waals surface area (Å²) < 4.78 is 4.98. The molecule has 0 unspecified atom stereocenters. The SMILES string of the molecule is CCc1ccc(NC(=O)CCCNC(=O)c2ccco2)cc1. The van der Waals surface area contributed by atoms with E-state index in [2.05, 4.69) is 17.6 Å². The van der Waals surface area contributed by atoms with Gasteiger partial charge in [-0.3, -0.25) is 9.59 Å². The number of rotatable bonds is 7. The molecule has 0 aliphatic heterocycles. The van der Waals surface area contributed by atoms with Crippen LogP contribution in [-0.4, -0.2) is 18.4 Å². The van der Waals surface area contributed by atoms with Gasteiger partial charge in [0.05, 0.1) is 6.26 Å². The topological polar surface area (TPSA) is 71.3 Å².